The molecule has 0 saturated heterocycles. The third kappa shape index (κ3) is 17.8. The third-order valence-electron chi connectivity index (χ3n) is 3.09. The van der Waals surface area contributed by atoms with Gasteiger partial charge in [0.25, 0.3) is 0 Å². The van der Waals surface area contributed by atoms with E-state index in [-0.39, 0.29) is 17.1 Å². The van der Waals surface area contributed by atoms with Gasteiger partial charge in [-0.05, 0) is 44.5 Å². The number of isothiocyanates is 1. The van der Waals surface area contributed by atoms with Crippen molar-refractivity contribution < 1.29 is 34.3 Å². The van der Waals surface area contributed by atoms with Gasteiger partial charge >= 0.3 is 24.3 Å². The number of hydrogen-bond donors (Lipinski definition) is 0. The van der Waals surface area contributed by atoms with Crippen LogP contribution >= 0.6 is 12.2 Å². The van der Waals surface area contributed by atoms with Crippen LogP contribution in [0.2, 0.25) is 0 Å². The summed E-state index contributed by atoms with van der Waals surface area (Å²) in [6.45, 7) is 5.51. The van der Waals surface area contributed by atoms with Gasteiger partial charge < -0.3 is 22.7 Å². The van der Waals surface area contributed by atoms with Crippen LogP contribution in [0.5, 0.6) is 0 Å². The second-order valence-electron chi connectivity index (χ2n) is 5.30. The monoisotopic (exact) mass is 488 g/mol. The quantitative estimate of drug-likeness (QED) is 0.186. The molecule has 2 rings (SSSR count). The SMILES string of the molecule is CC(=NCCCN=C(C)c1ccccn1)c1ccccn1.F[B-](F)(F)F.[Cu+2].[N-]=C=S. The van der Waals surface area contributed by atoms with Gasteiger partial charge in [-0.15, -0.1) is 0 Å². The van der Waals surface area contributed by atoms with Crippen molar-refractivity contribution in [3.05, 3.63) is 65.6 Å². The summed E-state index contributed by atoms with van der Waals surface area (Å²) in [6, 6.07) is 11.7. The first-order valence-corrected chi connectivity index (χ1v) is 8.83. The molecule has 0 bridgehead atoms. The van der Waals surface area contributed by atoms with E-state index >= 15 is 0 Å². The number of aliphatic imine (C=N–C) groups is 2. The molecule has 0 unspecified atom stereocenters. The minimum Gasteiger partial charge on any atom is -0.753 e. The molecule has 0 aliphatic heterocycles. The molecule has 2 aromatic heterocycles. The summed E-state index contributed by atoms with van der Waals surface area (Å²) < 4.78 is 39.0. The van der Waals surface area contributed by atoms with Crippen LogP contribution in [0.15, 0.2) is 58.8 Å². The summed E-state index contributed by atoms with van der Waals surface area (Å²) in [5, 5.41) is 8.47. The molecule has 0 aliphatic carbocycles. The molecule has 0 saturated carbocycles. The Bertz CT molecular complexity index is 738. The van der Waals surface area contributed by atoms with Crippen LogP contribution in [0.3, 0.4) is 0 Å². The molecule has 0 N–H and O–H groups in total. The van der Waals surface area contributed by atoms with Crippen molar-refractivity contribution in [3.63, 3.8) is 0 Å². The fraction of sp³-hybridized carbons (Fsp3) is 0.278. The van der Waals surface area contributed by atoms with E-state index in [0.29, 0.717) is 0 Å². The van der Waals surface area contributed by atoms with Crippen LogP contribution in [0, 0.1) is 0 Å². The van der Waals surface area contributed by atoms with E-state index in [2.05, 4.69) is 32.2 Å². The molecule has 0 spiro atoms. The van der Waals surface area contributed by atoms with E-state index < -0.39 is 7.25 Å². The molecule has 2 aromatic rings. The Labute approximate surface area is 189 Å². The van der Waals surface area contributed by atoms with Crippen molar-refractivity contribution in [1.82, 2.24) is 9.97 Å². The van der Waals surface area contributed by atoms with Gasteiger partial charge in [0, 0.05) is 25.5 Å². The maximum absolute atomic E-state index is 9.75. The standard InChI is InChI=1S/C17H20N4.CNS.BF4.Cu/c1-14(16-8-3-5-10-20-16)18-12-7-13-19-15(2)17-9-4-6-11-21-17;2-1-3;2-1(3,4)5;/h3-6,8-11H,7,12-13H2,1-2H3;;;/q;2*-1;+2. The van der Waals surface area contributed by atoms with Crippen molar-refractivity contribution in [3.8, 4) is 0 Å². The van der Waals surface area contributed by atoms with E-state index in [1.54, 1.807) is 12.4 Å². The van der Waals surface area contributed by atoms with Crippen molar-refractivity contribution in [2.45, 2.75) is 20.3 Å². The first-order chi connectivity index (χ1) is 13.7. The van der Waals surface area contributed by atoms with Gasteiger partial charge in [-0.1, -0.05) is 24.4 Å². The molecule has 12 heteroatoms. The molecule has 0 amide bonds. The van der Waals surface area contributed by atoms with Gasteiger partial charge in [0.1, 0.15) is 0 Å². The van der Waals surface area contributed by atoms with E-state index in [4.69, 9.17) is 5.41 Å². The molecule has 165 valence electrons. The Morgan fingerprint density at radius 3 is 1.53 bits per heavy atom. The smallest absolute Gasteiger partial charge is 0.753 e. The number of pyridine rings is 2. The molecule has 30 heavy (non-hydrogen) atoms. The maximum atomic E-state index is 9.75. The summed E-state index contributed by atoms with van der Waals surface area (Å²) in [5.74, 6) is 0. The normalized spacial score (nSPS) is 11.0. The number of rotatable bonds is 6. The summed E-state index contributed by atoms with van der Waals surface area (Å²) in [7, 11) is -6.00. The first kappa shape index (κ1) is 29.9. The summed E-state index contributed by atoms with van der Waals surface area (Å²) in [6.07, 6.45) is 4.50. The Morgan fingerprint density at radius 2 is 1.27 bits per heavy atom. The number of hydrogen-bond acceptors (Lipinski definition) is 5. The Balaban J connectivity index is 0. The molecular formula is C18H20BCuF4N5S. The summed E-state index contributed by atoms with van der Waals surface area (Å²) in [4.78, 5) is 17.6. The molecule has 0 aromatic carbocycles. The molecule has 1 radical (unpaired) electrons. The van der Waals surface area contributed by atoms with Crippen molar-refractivity contribution in [1.29, 1.82) is 0 Å². The van der Waals surface area contributed by atoms with E-state index in [0.717, 1.165) is 42.3 Å². The van der Waals surface area contributed by atoms with Crippen LogP contribution in [0.25, 0.3) is 5.41 Å². The van der Waals surface area contributed by atoms with E-state index in [1.807, 2.05) is 50.2 Å². The number of aromatic nitrogens is 2. The van der Waals surface area contributed by atoms with Gasteiger partial charge in [-0.2, -0.15) is 5.16 Å². The van der Waals surface area contributed by atoms with Crippen LogP contribution in [-0.4, -0.2) is 46.9 Å². The molecule has 0 fully saturated rings. The van der Waals surface area contributed by atoms with Crippen LogP contribution < -0.4 is 0 Å². The zero-order valence-electron chi connectivity index (χ0n) is 16.3. The Hall–Kier alpha value is -2.26. The van der Waals surface area contributed by atoms with Crippen LogP contribution in [-0.2, 0) is 17.1 Å². The molecular weight excluding hydrogens is 469 g/mol. The molecule has 5 nitrogen and oxygen atoms in total. The topological polar surface area (TPSA) is 72.8 Å². The predicted molar refractivity (Wildman–Crippen MR) is 113 cm³/mol. The Kier molecular flexibility index (Phi) is 17.6. The van der Waals surface area contributed by atoms with Crippen molar-refractivity contribution in [2.24, 2.45) is 9.98 Å². The number of halogens is 4. The molecule has 0 atom stereocenters. The minimum atomic E-state index is -6.00. The van der Waals surface area contributed by atoms with Gasteiger partial charge in [-0.3, -0.25) is 20.0 Å². The van der Waals surface area contributed by atoms with Gasteiger partial charge in [0.2, 0.25) is 0 Å². The fourth-order valence-electron chi connectivity index (χ4n) is 1.88. The van der Waals surface area contributed by atoms with Gasteiger partial charge in [0.05, 0.1) is 22.8 Å². The Morgan fingerprint density at radius 1 is 0.933 bits per heavy atom. The zero-order chi connectivity index (χ0) is 22.1. The van der Waals surface area contributed by atoms with Crippen LogP contribution in [0.1, 0.15) is 31.7 Å². The maximum Gasteiger partial charge on any atom is 2.00 e. The van der Waals surface area contributed by atoms with E-state index in [9.17, 15) is 17.3 Å². The zero-order valence-corrected chi connectivity index (χ0v) is 18.0. The summed E-state index contributed by atoms with van der Waals surface area (Å²) >= 11 is 3.70. The fourth-order valence-corrected chi connectivity index (χ4v) is 1.88. The second kappa shape index (κ2) is 17.6. The second-order valence-corrected chi connectivity index (χ2v) is 5.49. The summed E-state index contributed by atoms with van der Waals surface area (Å²) in [5.41, 5.74) is 3.82. The molecule has 2 heterocycles. The number of thiocarbonyl (C=S) groups is 1. The van der Waals surface area contributed by atoms with E-state index in [1.165, 1.54) is 5.16 Å². The van der Waals surface area contributed by atoms with Crippen molar-refractivity contribution >= 4 is 36.1 Å². The van der Waals surface area contributed by atoms with Crippen LogP contribution in [0.4, 0.5) is 17.3 Å². The first-order valence-electron chi connectivity index (χ1n) is 8.42. The largest absolute Gasteiger partial charge is 2.00 e. The van der Waals surface area contributed by atoms with Crippen molar-refractivity contribution in [2.75, 3.05) is 13.1 Å². The third-order valence-corrected chi connectivity index (χ3v) is 3.09. The predicted octanol–water partition coefficient (Wildman–Crippen LogP) is 5.14. The minimum absolute atomic E-state index is 0. The molecule has 0 aliphatic rings. The number of nitrogens with zero attached hydrogens (tertiary/aromatic N) is 5. The van der Waals surface area contributed by atoms with Gasteiger partial charge in [0.15, 0.2) is 0 Å². The average molecular weight is 489 g/mol. The van der Waals surface area contributed by atoms with Gasteiger partial charge in [-0.25, -0.2) is 0 Å². The average Bonchev–Trinajstić information content (AvgIpc) is 2.68.